The molecule has 26 heavy (non-hydrogen) atoms. The van der Waals surface area contributed by atoms with Gasteiger partial charge in [-0.3, -0.25) is 9.59 Å². The number of carbonyl (C=O) groups excluding carboxylic acids is 2. The second kappa shape index (κ2) is 8.40. The highest BCUT2D eigenvalue weighted by Gasteiger charge is 2.21. The minimum atomic E-state index is -0.0719. The Morgan fingerprint density at radius 2 is 2.23 bits per heavy atom. The molecule has 1 saturated heterocycles. The van der Waals surface area contributed by atoms with Gasteiger partial charge in [-0.1, -0.05) is 37.7 Å². The molecule has 0 atom stereocenters. The highest BCUT2D eigenvalue weighted by molar-refractivity contribution is 8.13. The van der Waals surface area contributed by atoms with Gasteiger partial charge in [0.1, 0.15) is 5.82 Å². The van der Waals surface area contributed by atoms with Crippen LogP contribution in [0.3, 0.4) is 0 Å². The van der Waals surface area contributed by atoms with E-state index in [2.05, 4.69) is 28.7 Å². The minimum absolute atomic E-state index is 0.0705. The van der Waals surface area contributed by atoms with Crippen molar-refractivity contribution >= 4 is 28.6 Å². The van der Waals surface area contributed by atoms with Gasteiger partial charge in [0.15, 0.2) is 0 Å². The van der Waals surface area contributed by atoms with Crippen molar-refractivity contribution in [2.45, 2.75) is 32.7 Å². The van der Waals surface area contributed by atoms with Crippen LogP contribution in [-0.2, 0) is 11.3 Å². The summed E-state index contributed by atoms with van der Waals surface area (Å²) in [6.45, 7) is 6.18. The van der Waals surface area contributed by atoms with Gasteiger partial charge < -0.3 is 14.8 Å². The largest absolute Gasteiger partial charge is 0.332 e. The number of carbonyl (C=O) groups is 2. The second-order valence-electron chi connectivity index (χ2n) is 6.67. The third kappa shape index (κ3) is 4.66. The monoisotopic (exact) mass is 372 g/mol. The van der Waals surface area contributed by atoms with E-state index in [4.69, 9.17) is 0 Å². The lowest BCUT2D eigenvalue weighted by molar-refractivity contribution is -0.116. The summed E-state index contributed by atoms with van der Waals surface area (Å²) in [5, 5.41) is 3.00. The average molecular weight is 372 g/mol. The zero-order valence-corrected chi connectivity index (χ0v) is 16.0. The molecule has 0 spiro atoms. The predicted octanol–water partition coefficient (Wildman–Crippen LogP) is 3.55. The molecular formula is C19H24N4O2S. The average Bonchev–Trinajstić information content (AvgIpc) is 3.22. The van der Waals surface area contributed by atoms with Gasteiger partial charge in [0, 0.05) is 55.8 Å². The van der Waals surface area contributed by atoms with Gasteiger partial charge in [0.2, 0.25) is 5.91 Å². The van der Waals surface area contributed by atoms with Crippen LogP contribution in [0.15, 0.2) is 36.7 Å². The smallest absolute Gasteiger partial charge is 0.281 e. The van der Waals surface area contributed by atoms with E-state index >= 15 is 0 Å². The van der Waals surface area contributed by atoms with Crippen molar-refractivity contribution in [1.29, 1.82) is 0 Å². The van der Waals surface area contributed by atoms with E-state index in [-0.39, 0.29) is 11.1 Å². The van der Waals surface area contributed by atoms with Gasteiger partial charge in [0.05, 0.1) is 0 Å². The Bertz CT molecular complexity index is 787. The van der Waals surface area contributed by atoms with E-state index in [0.717, 1.165) is 35.9 Å². The Morgan fingerprint density at radius 3 is 2.96 bits per heavy atom. The highest BCUT2D eigenvalue weighted by atomic mass is 32.2. The second-order valence-corrected chi connectivity index (χ2v) is 7.71. The number of imidazole rings is 1. The maximum Gasteiger partial charge on any atom is 0.281 e. The van der Waals surface area contributed by atoms with Crippen LogP contribution in [-0.4, -0.2) is 44.4 Å². The summed E-state index contributed by atoms with van der Waals surface area (Å²) in [5.74, 6) is 2.15. The zero-order valence-electron chi connectivity index (χ0n) is 15.1. The fourth-order valence-electron chi connectivity index (χ4n) is 2.99. The lowest BCUT2D eigenvalue weighted by Gasteiger charge is -2.14. The van der Waals surface area contributed by atoms with Crippen molar-refractivity contribution in [1.82, 2.24) is 14.5 Å². The lowest BCUT2D eigenvalue weighted by Crippen LogP contribution is -2.27. The van der Waals surface area contributed by atoms with Crippen LogP contribution in [0.2, 0.25) is 0 Å². The predicted molar refractivity (Wildman–Crippen MR) is 105 cm³/mol. The van der Waals surface area contributed by atoms with Crippen molar-refractivity contribution in [3.05, 3.63) is 48.0 Å². The van der Waals surface area contributed by atoms with Gasteiger partial charge in [-0.05, 0) is 17.7 Å². The number of amides is 2. The normalized spacial score (nSPS) is 14.3. The number of nitrogens with one attached hydrogen (secondary N) is 1. The Kier molecular flexibility index (Phi) is 5.98. The molecule has 0 aliphatic carbocycles. The van der Waals surface area contributed by atoms with Gasteiger partial charge in [-0.2, -0.15) is 0 Å². The first-order valence-corrected chi connectivity index (χ1v) is 9.83. The first-order valence-electron chi connectivity index (χ1n) is 8.84. The van der Waals surface area contributed by atoms with Crippen molar-refractivity contribution in [2.75, 3.05) is 24.2 Å². The quantitative estimate of drug-likeness (QED) is 0.807. The summed E-state index contributed by atoms with van der Waals surface area (Å²) in [6, 6.07) is 7.85. The number of nitrogens with zero attached hydrogens (tertiary/aromatic N) is 3. The molecule has 2 aromatic rings. The van der Waals surface area contributed by atoms with Crippen LogP contribution in [0.4, 0.5) is 10.5 Å². The molecule has 6 nitrogen and oxygen atoms in total. The Balaban J connectivity index is 1.57. The van der Waals surface area contributed by atoms with E-state index in [1.165, 1.54) is 11.8 Å². The van der Waals surface area contributed by atoms with Gasteiger partial charge in [-0.25, -0.2) is 4.98 Å². The van der Waals surface area contributed by atoms with E-state index in [0.29, 0.717) is 18.9 Å². The number of rotatable bonds is 7. The first kappa shape index (κ1) is 18.5. The minimum Gasteiger partial charge on any atom is -0.332 e. The SMILES string of the molecule is CC(C)c1nccn1Cc1cccc(NC(=O)CCN2CCSC2=O)c1. The first-order chi connectivity index (χ1) is 12.5. The van der Waals surface area contributed by atoms with Crippen molar-refractivity contribution in [2.24, 2.45) is 0 Å². The van der Waals surface area contributed by atoms with Crippen LogP contribution >= 0.6 is 11.8 Å². The van der Waals surface area contributed by atoms with Crippen LogP contribution in [0.1, 0.15) is 37.6 Å². The number of aromatic nitrogens is 2. The summed E-state index contributed by atoms with van der Waals surface area (Å²) >= 11 is 1.32. The van der Waals surface area contributed by atoms with E-state index in [1.54, 1.807) is 4.90 Å². The summed E-state index contributed by atoms with van der Waals surface area (Å²) < 4.78 is 2.13. The molecule has 0 unspecified atom stereocenters. The topological polar surface area (TPSA) is 67.2 Å². The molecule has 2 heterocycles. The molecular weight excluding hydrogens is 348 g/mol. The number of benzene rings is 1. The standard InChI is InChI=1S/C19H24N4O2S/c1-14(2)18-20-7-9-23(18)13-15-4-3-5-16(12-15)21-17(24)6-8-22-10-11-26-19(22)25/h3-5,7,9,12,14H,6,8,10-11,13H2,1-2H3,(H,21,24). The van der Waals surface area contributed by atoms with Gasteiger partial charge in [0.25, 0.3) is 5.24 Å². The molecule has 2 amide bonds. The maximum absolute atomic E-state index is 12.2. The number of hydrogen-bond acceptors (Lipinski definition) is 4. The number of thioether (sulfide) groups is 1. The molecule has 1 aliphatic rings. The highest BCUT2D eigenvalue weighted by Crippen LogP contribution is 2.18. The molecule has 7 heteroatoms. The third-order valence-corrected chi connectivity index (χ3v) is 5.17. The molecule has 1 N–H and O–H groups in total. The van der Waals surface area contributed by atoms with E-state index < -0.39 is 0 Å². The number of anilines is 1. The molecule has 138 valence electrons. The van der Waals surface area contributed by atoms with Gasteiger partial charge in [-0.15, -0.1) is 0 Å². The molecule has 3 rings (SSSR count). The summed E-state index contributed by atoms with van der Waals surface area (Å²) in [6.07, 6.45) is 4.11. The van der Waals surface area contributed by atoms with Crippen LogP contribution < -0.4 is 5.32 Å². The molecule has 1 aromatic carbocycles. The third-order valence-electron chi connectivity index (χ3n) is 4.28. The maximum atomic E-state index is 12.2. The van der Waals surface area contributed by atoms with Gasteiger partial charge >= 0.3 is 0 Å². The Hall–Kier alpha value is -2.28. The fourth-order valence-corrected chi connectivity index (χ4v) is 3.84. The van der Waals surface area contributed by atoms with E-state index in [1.807, 2.05) is 36.7 Å². The van der Waals surface area contributed by atoms with Crippen molar-refractivity contribution in [3.63, 3.8) is 0 Å². The molecule has 1 fully saturated rings. The van der Waals surface area contributed by atoms with Crippen LogP contribution in [0.25, 0.3) is 0 Å². The Morgan fingerprint density at radius 1 is 1.38 bits per heavy atom. The molecule has 1 aliphatic heterocycles. The lowest BCUT2D eigenvalue weighted by atomic mass is 10.1. The zero-order chi connectivity index (χ0) is 18.5. The number of hydrogen-bond donors (Lipinski definition) is 1. The van der Waals surface area contributed by atoms with Crippen molar-refractivity contribution < 1.29 is 9.59 Å². The summed E-state index contributed by atoms with van der Waals surface area (Å²) in [4.78, 5) is 29.9. The fraction of sp³-hybridized carbons (Fsp3) is 0.421. The summed E-state index contributed by atoms with van der Waals surface area (Å²) in [5.41, 5.74) is 1.88. The van der Waals surface area contributed by atoms with Crippen LogP contribution in [0, 0.1) is 0 Å². The van der Waals surface area contributed by atoms with E-state index in [9.17, 15) is 9.59 Å². The molecule has 0 bridgehead atoms. The molecule has 1 aromatic heterocycles. The summed E-state index contributed by atoms with van der Waals surface area (Å²) in [7, 11) is 0. The molecule has 0 saturated carbocycles. The van der Waals surface area contributed by atoms with Crippen LogP contribution in [0.5, 0.6) is 0 Å². The van der Waals surface area contributed by atoms with Crippen molar-refractivity contribution in [3.8, 4) is 0 Å². The molecule has 0 radical (unpaired) electrons. The Labute approximate surface area is 158 Å².